The lowest BCUT2D eigenvalue weighted by atomic mass is 10.1. The molecule has 0 saturated heterocycles. The Hall–Kier alpha value is -4.14. The van der Waals surface area contributed by atoms with Gasteiger partial charge >= 0.3 is 0 Å². The lowest BCUT2D eigenvalue weighted by molar-refractivity contribution is 0.394. The molecule has 0 aliphatic heterocycles. The van der Waals surface area contributed by atoms with Crippen molar-refractivity contribution < 1.29 is 8.42 Å². The van der Waals surface area contributed by atoms with Gasteiger partial charge in [-0.25, -0.2) is 0 Å². The predicted molar refractivity (Wildman–Crippen MR) is 137 cm³/mol. The van der Waals surface area contributed by atoms with Crippen molar-refractivity contribution in [2.45, 2.75) is 17.9 Å². The largest absolute Gasteiger partial charge is 0.280 e. The summed E-state index contributed by atoms with van der Waals surface area (Å²) in [5.41, 5.74) is 3.28. The first-order valence-corrected chi connectivity index (χ1v) is 12.3. The van der Waals surface area contributed by atoms with Crippen molar-refractivity contribution in [2.24, 2.45) is 5.10 Å². The summed E-state index contributed by atoms with van der Waals surface area (Å²) in [5, 5.41) is 4.47. The Morgan fingerprint density at radius 3 is 1.94 bits per heavy atom. The maximum atomic E-state index is 13.8. The van der Waals surface area contributed by atoms with Crippen LogP contribution in [0, 0.1) is 18.8 Å². The molecule has 4 rings (SSSR count). The van der Waals surface area contributed by atoms with Crippen LogP contribution in [-0.2, 0) is 10.0 Å². The molecular weight excluding hydrogens is 440 g/mol. The van der Waals surface area contributed by atoms with E-state index in [4.69, 9.17) is 0 Å². The molecule has 0 aliphatic rings. The van der Waals surface area contributed by atoms with E-state index in [-0.39, 0.29) is 4.90 Å². The molecule has 0 radical (unpaired) electrons. The van der Waals surface area contributed by atoms with Crippen LogP contribution in [-0.4, -0.2) is 19.0 Å². The van der Waals surface area contributed by atoms with Gasteiger partial charge < -0.3 is 0 Å². The average Bonchev–Trinajstić information content (AvgIpc) is 2.88. The zero-order chi connectivity index (χ0) is 23.8. The minimum absolute atomic E-state index is 0.158. The quantitative estimate of drug-likeness (QED) is 0.205. The molecule has 34 heavy (non-hydrogen) atoms. The molecule has 0 heterocycles. The molecule has 0 saturated carbocycles. The van der Waals surface area contributed by atoms with Crippen LogP contribution in [0.2, 0.25) is 0 Å². The molecule has 0 aromatic heterocycles. The third-order valence-electron chi connectivity index (χ3n) is 5.15. The van der Waals surface area contributed by atoms with Crippen molar-refractivity contribution in [1.82, 2.24) is 4.41 Å². The molecular formula is C29H24N2O2S. The Labute approximate surface area is 201 Å². The summed E-state index contributed by atoms with van der Waals surface area (Å²) < 4.78 is 28.8. The van der Waals surface area contributed by atoms with Crippen LogP contribution in [0.1, 0.15) is 28.3 Å². The summed E-state index contributed by atoms with van der Waals surface area (Å²) in [5.74, 6) is 6.28. The molecule has 1 unspecified atom stereocenters. The zero-order valence-corrected chi connectivity index (χ0v) is 19.6. The highest BCUT2D eigenvalue weighted by Gasteiger charge is 2.30. The summed E-state index contributed by atoms with van der Waals surface area (Å²) >= 11 is 0. The lowest BCUT2D eigenvalue weighted by Gasteiger charge is -2.25. The van der Waals surface area contributed by atoms with Gasteiger partial charge in [-0.1, -0.05) is 108 Å². The number of aryl methyl sites for hydroxylation is 1. The monoisotopic (exact) mass is 464 g/mol. The van der Waals surface area contributed by atoms with E-state index in [9.17, 15) is 8.42 Å². The zero-order valence-electron chi connectivity index (χ0n) is 18.7. The first-order valence-electron chi connectivity index (χ1n) is 10.9. The number of hydrazone groups is 1. The Morgan fingerprint density at radius 2 is 1.32 bits per heavy atom. The van der Waals surface area contributed by atoms with E-state index in [0.717, 1.165) is 26.7 Å². The van der Waals surface area contributed by atoms with Crippen molar-refractivity contribution >= 4 is 16.2 Å². The van der Waals surface area contributed by atoms with Crippen LogP contribution in [0.5, 0.6) is 0 Å². The van der Waals surface area contributed by atoms with Gasteiger partial charge in [0.1, 0.15) is 6.04 Å². The van der Waals surface area contributed by atoms with E-state index in [1.54, 1.807) is 30.5 Å². The standard InChI is InChI=1S/C29H24N2O2S/c1-24-17-20-28(21-18-24)34(32,33)31(30-23-26-13-7-3-8-14-26)29(27-15-9-4-10-16-27)22-19-25-11-5-2-6-12-25/h2-18,20-21,23,29H,1H3/b30-23+. The number of nitrogens with zero attached hydrogens (tertiary/aromatic N) is 2. The molecule has 0 aliphatic carbocycles. The van der Waals surface area contributed by atoms with E-state index in [2.05, 4.69) is 16.9 Å². The van der Waals surface area contributed by atoms with Gasteiger partial charge in [-0.3, -0.25) is 0 Å². The maximum Gasteiger partial charge on any atom is 0.280 e. The first-order chi connectivity index (χ1) is 16.5. The predicted octanol–water partition coefficient (Wildman–Crippen LogP) is 5.81. The van der Waals surface area contributed by atoms with Gasteiger partial charge in [-0.2, -0.15) is 17.9 Å². The highest BCUT2D eigenvalue weighted by molar-refractivity contribution is 7.89. The number of hydrogen-bond donors (Lipinski definition) is 0. The molecule has 4 nitrogen and oxygen atoms in total. The molecule has 0 N–H and O–H groups in total. The van der Waals surface area contributed by atoms with Crippen molar-refractivity contribution in [3.63, 3.8) is 0 Å². The normalized spacial score (nSPS) is 12.0. The minimum Gasteiger partial charge on any atom is -0.200 e. The molecule has 0 spiro atoms. The first kappa shape index (κ1) is 23.0. The summed E-state index contributed by atoms with van der Waals surface area (Å²) in [7, 11) is -4.01. The van der Waals surface area contributed by atoms with Gasteiger partial charge in [0.2, 0.25) is 0 Å². The SMILES string of the molecule is Cc1ccc(S(=O)(=O)N(/N=C/c2ccccc2)C(C#Cc2ccccc2)c2ccccc2)cc1. The Bertz CT molecular complexity index is 1410. The van der Waals surface area contributed by atoms with Crippen LogP contribution in [0.25, 0.3) is 0 Å². The number of sulfonamides is 1. The molecule has 4 aromatic rings. The third-order valence-corrected chi connectivity index (χ3v) is 6.81. The fourth-order valence-corrected chi connectivity index (χ4v) is 4.64. The fourth-order valence-electron chi connectivity index (χ4n) is 3.32. The van der Waals surface area contributed by atoms with Gasteiger partial charge in [0.25, 0.3) is 10.0 Å². The Balaban J connectivity index is 1.86. The van der Waals surface area contributed by atoms with E-state index >= 15 is 0 Å². The van der Waals surface area contributed by atoms with E-state index < -0.39 is 16.1 Å². The van der Waals surface area contributed by atoms with E-state index in [1.165, 1.54) is 0 Å². The summed E-state index contributed by atoms with van der Waals surface area (Å²) in [6.45, 7) is 1.92. The van der Waals surface area contributed by atoms with Crippen molar-refractivity contribution in [3.05, 3.63) is 138 Å². The smallest absolute Gasteiger partial charge is 0.200 e. The molecule has 0 fully saturated rings. The van der Waals surface area contributed by atoms with Gasteiger partial charge in [0.05, 0.1) is 11.1 Å². The molecule has 168 valence electrons. The average molecular weight is 465 g/mol. The number of benzene rings is 4. The molecule has 5 heteroatoms. The highest BCUT2D eigenvalue weighted by Crippen LogP contribution is 2.28. The minimum atomic E-state index is -4.01. The lowest BCUT2D eigenvalue weighted by Crippen LogP contribution is -2.30. The number of rotatable bonds is 6. The summed E-state index contributed by atoms with van der Waals surface area (Å²) in [6.07, 6.45) is 1.55. The Morgan fingerprint density at radius 1 is 0.765 bits per heavy atom. The van der Waals surface area contributed by atoms with Crippen LogP contribution in [0.15, 0.2) is 125 Å². The molecule has 4 aromatic carbocycles. The highest BCUT2D eigenvalue weighted by atomic mass is 32.2. The third kappa shape index (κ3) is 5.61. The topological polar surface area (TPSA) is 49.7 Å². The molecule has 1 atom stereocenters. The van der Waals surface area contributed by atoms with Crippen molar-refractivity contribution in [3.8, 4) is 11.8 Å². The number of hydrogen-bond acceptors (Lipinski definition) is 3. The Kier molecular flexibility index (Phi) is 7.22. The van der Waals surface area contributed by atoms with Crippen molar-refractivity contribution in [2.75, 3.05) is 0 Å². The van der Waals surface area contributed by atoms with Gasteiger partial charge in [0, 0.05) is 5.56 Å². The second-order valence-electron chi connectivity index (χ2n) is 7.69. The second-order valence-corrected chi connectivity index (χ2v) is 9.49. The van der Waals surface area contributed by atoms with Crippen LogP contribution < -0.4 is 0 Å². The van der Waals surface area contributed by atoms with Crippen LogP contribution in [0.3, 0.4) is 0 Å². The summed E-state index contributed by atoms with van der Waals surface area (Å²) in [6, 6.07) is 34.2. The van der Waals surface area contributed by atoms with E-state index in [1.807, 2.05) is 97.9 Å². The fraction of sp³-hybridized carbons (Fsp3) is 0.0690. The summed E-state index contributed by atoms with van der Waals surface area (Å²) in [4.78, 5) is 0.158. The van der Waals surface area contributed by atoms with Gasteiger partial charge in [0.15, 0.2) is 0 Å². The molecule has 0 bridgehead atoms. The molecule has 0 amide bonds. The van der Waals surface area contributed by atoms with Crippen molar-refractivity contribution in [1.29, 1.82) is 0 Å². The second kappa shape index (κ2) is 10.7. The maximum absolute atomic E-state index is 13.8. The van der Waals surface area contributed by atoms with Crippen LogP contribution >= 0.6 is 0 Å². The van der Waals surface area contributed by atoms with Gasteiger partial charge in [-0.05, 0) is 42.3 Å². The van der Waals surface area contributed by atoms with Crippen LogP contribution in [0.4, 0.5) is 0 Å². The van der Waals surface area contributed by atoms with Gasteiger partial charge in [-0.15, -0.1) is 0 Å². The van der Waals surface area contributed by atoms with E-state index in [0.29, 0.717) is 0 Å².